The molecule has 0 aliphatic carbocycles. The first-order valence-electron chi connectivity index (χ1n) is 5.60. The molecule has 0 saturated heterocycles. The molecule has 5 nitrogen and oxygen atoms in total. The van der Waals surface area contributed by atoms with Crippen LogP contribution in [0.5, 0.6) is 0 Å². The molecule has 1 N–H and O–H groups in total. The Balaban J connectivity index is 1.84. The van der Waals surface area contributed by atoms with Crippen LogP contribution in [0.15, 0.2) is 22.1 Å². The number of nitrogens with one attached hydrogen (secondary N) is 1. The molecular formula is C11H15BrN4OS. The molecule has 0 aliphatic heterocycles. The second kappa shape index (κ2) is 6.98. The van der Waals surface area contributed by atoms with Crippen LogP contribution in [0.3, 0.4) is 0 Å². The van der Waals surface area contributed by atoms with Gasteiger partial charge in [0.2, 0.25) is 0 Å². The highest BCUT2D eigenvalue weighted by Gasteiger charge is 2.05. The number of thiophene rings is 1. The first-order chi connectivity index (χ1) is 8.79. The zero-order valence-corrected chi connectivity index (χ0v) is 12.5. The van der Waals surface area contributed by atoms with Crippen LogP contribution >= 0.6 is 27.3 Å². The van der Waals surface area contributed by atoms with Gasteiger partial charge < -0.3 is 10.1 Å². The summed E-state index contributed by atoms with van der Waals surface area (Å²) in [5, 5.41) is 13.5. The van der Waals surface area contributed by atoms with Crippen molar-refractivity contribution in [3.05, 3.63) is 32.7 Å². The Morgan fingerprint density at radius 1 is 1.56 bits per heavy atom. The van der Waals surface area contributed by atoms with Crippen molar-refractivity contribution in [2.45, 2.75) is 13.1 Å². The summed E-state index contributed by atoms with van der Waals surface area (Å²) in [5.41, 5.74) is 0.943. The third-order valence-electron chi connectivity index (χ3n) is 2.37. The Labute approximate surface area is 118 Å². The lowest BCUT2D eigenvalue weighted by molar-refractivity contribution is 0.199. The van der Waals surface area contributed by atoms with Crippen molar-refractivity contribution < 1.29 is 4.74 Å². The largest absolute Gasteiger partial charge is 0.383 e. The average Bonchev–Trinajstić information content (AvgIpc) is 2.96. The summed E-state index contributed by atoms with van der Waals surface area (Å²) in [6.07, 6.45) is 1.96. The number of ether oxygens (including phenoxy) is 1. The topological polar surface area (TPSA) is 52.0 Å². The number of methoxy groups -OCH3 is 1. The minimum atomic E-state index is 0.705. The van der Waals surface area contributed by atoms with Crippen molar-refractivity contribution in [1.82, 2.24) is 20.3 Å². The standard InChI is InChI=1S/C11H15BrN4OS/c1-17-4-3-13-6-9-7-16(15-14-9)8-11-10(12)2-5-18-11/h2,5,7,13H,3-4,6,8H2,1H3. The molecule has 0 fully saturated rings. The number of rotatable bonds is 7. The SMILES string of the molecule is COCCNCc1cn(Cc2sccc2Br)nn1. The Morgan fingerprint density at radius 3 is 3.17 bits per heavy atom. The van der Waals surface area contributed by atoms with Crippen LogP contribution in [-0.4, -0.2) is 35.3 Å². The molecule has 0 bridgehead atoms. The third kappa shape index (κ3) is 3.88. The van der Waals surface area contributed by atoms with E-state index in [1.54, 1.807) is 18.4 Å². The number of halogens is 1. The summed E-state index contributed by atoms with van der Waals surface area (Å²) in [7, 11) is 1.69. The Kier molecular flexibility index (Phi) is 5.30. The first-order valence-corrected chi connectivity index (χ1v) is 7.27. The van der Waals surface area contributed by atoms with Crippen molar-refractivity contribution >= 4 is 27.3 Å². The Bertz CT molecular complexity index is 485. The normalized spacial score (nSPS) is 11.0. The Morgan fingerprint density at radius 2 is 2.44 bits per heavy atom. The first kappa shape index (κ1) is 13.7. The Hall–Kier alpha value is -0.760. The monoisotopic (exact) mass is 330 g/mol. The van der Waals surface area contributed by atoms with Gasteiger partial charge in [-0.25, -0.2) is 4.68 Å². The van der Waals surface area contributed by atoms with Gasteiger partial charge in [-0.3, -0.25) is 0 Å². The van der Waals surface area contributed by atoms with E-state index in [1.165, 1.54) is 4.88 Å². The van der Waals surface area contributed by atoms with Gasteiger partial charge in [0.25, 0.3) is 0 Å². The maximum absolute atomic E-state index is 4.96. The molecule has 0 aliphatic rings. The van der Waals surface area contributed by atoms with E-state index in [-0.39, 0.29) is 0 Å². The summed E-state index contributed by atoms with van der Waals surface area (Å²) in [4.78, 5) is 1.25. The van der Waals surface area contributed by atoms with E-state index in [9.17, 15) is 0 Å². The van der Waals surface area contributed by atoms with E-state index in [4.69, 9.17) is 4.74 Å². The lowest BCUT2D eigenvalue weighted by Crippen LogP contribution is -2.18. The zero-order valence-electron chi connectivity index (χ0n) is 10.1. The molecule has 0 aromatic carbocycles. The molecular weight excluding hydrogens is 316 g/mol. The number of nitrogens with zero attached hydrogens (tertiary/aromatic N) is 3. The molecule has 2 rings (SSSR count). The smallest absolute Gasteiger partial charge is 0.0965 e. The van der Waals surface area contributed by atoms with Crippen molar-refractivity contribution in [3.63, 3.8) is 0 Å². The molecule has 0 unspecified atom stereocenters. The van der Waals surface area contributed by atoms with Crippen LogP contribution in [-0.2, 0) is 17.8 Å². The van der Waals surface area contributed by atoms with Gasteiger partial charge in [-0.05, 0) is 27.4 Å². The van der Waals surface area contributed by atoms with E-state index >= 15 is 0 Å². The predicted octanol–water partition coefficient (Wildman–Crippen LogP) is 1.89. The van der Waals surface area contributed by atoms with E-state index in [0.717, 1.165) is 29.8 Å². The molecule has 0 amide bonds. The molecule has 0 atom stereocenters. The van der Waals surface area contributed by atoms with Gasteiger partial charge in [-0.15, -0.1) is 16.4 Å². The highest BCUT2D eigenvalue weighted by Crippen LogP contribution is 2.23. The van der Waals surface area contributed by atoms with Gasteiger partial charge in [0.05, 0.1) is 25.0 Å². The summed E-state index contributed by atoms with van der Waals surface area (Å²) in [6, 6.07) is 2.05. The van der Waals surface area contributed by atoms with Crippen LogP contribution in [0, 0.1) is 0 Å². The minimum absolute atomic E-state index is 0.705. The fraction of sp³-hybridized carbons (Fsp3) is 0.455. The predicted molar refractivity (Wildman–Crippen MR) is 74.7 cm³/mol. The lowest BCUT2D eigenvalue weighted by Gasteiger charge is -2.00. The highest BCUT2D eigenvalue weighted by atomic mass is 79.9. The molecule has 2 aromatic rings. The fourth-order valence-electron chi connectivity index (χ4n) is 1.47. The highest BCUT2D eigenvalue weighted by molar-refractivity contribution is 9.10. The number of hydrogen-bond acceptors (Lipinski definition) is 5. The molecule has 2 aromatic heterocycles. The van der Waals surface area contributed by atoms with Gasteiger partial charge in [-0.2, -0.15) is 0 Å². The van der Waals surface area contributed by atoms with E-state index in [2.05, 4.69) is 36.9 Å². The van der Waals surface area contributed by atoms with E-state index < -0.39 is 0 Å². The van der Waals surface area contributed by atoms with Crippen molar-refractivity contribution in [1.29, 1.82) is 0 Å². The van der Waals surface area contributed by atoms with E-state index in [0.29, 0.717) is 6.61 Å². The van der Waals surface area contributed by atoms with Gasteiger partial charge in [0.1, 0.15) is 0 Å². The molecule has 0 spiro atoms. The molecule has 18 heavy (non-hydrogen) atoms. The molecule has 98 valence electrons. The van der Waals surface area contributed by atoms with Gasteiger partial charge in [0, 0.05) is 29.5 Å². The van der Waals surface area contributed by atoms with Crippen LogP contribution < -0.4 is 5.32 Å². The quantitative estimate of drug-likeness (QED) is 0.787. The van der Waals surface area contributed by atoms with Crippen LogP contribution in [0.4, 0.5) is 0 Å². The molecule has 2 heterocycles. The van der Waals surface area contributed by atoms with Gasteiger partial charge >= 0.3 is 0 Å². The summed E-state index contributed by atoms with van der Waals surface area (Å²) in [5.74, 6) is 0. The van der Waals surface area contributed by atoms with Crippen LogP contribution in [0.25, 0.3) is 0 Å². The fourth-order valence-corrected chi connectivity index (χ4v) is 2.94. The average molecular weight is 331 g/mol. The van der Waals surface area contributed by atoms with Crippen LogP contribution in [0.2, 0.25) is 0 Å². The third-order valence-corrected chi connectivity index (χ3v) is 4.28. The summed E-state index contributed by atoms with van der Waals surface area (Å²) in [6.45, 7) is 2.99. The number of aromatic nitrogens is 3. The van der Waals surface area contributed by atoms with Crippen molar-refractivity contribution in [3.8, 4) is 0 Å². The van der Waals surface area contributed by atoms with Gasteiger partial charge in [0.15, 0.2) is 0 Å². The van der Waals surface area contributed by atoms with Crippen molar-refractivity contribution in [2.24, 2.45) is 0 Å². The molecule has 0 saturated carbocycles. The molecule has 7 heteroatoms. The van der Waals surface area contributed by atoms with Gasteiger partial charge in [-0.1, -0.05) is 5.21 Å². The molecule has 0 radical (unpaired) electrons. The maximum Gasteiger partial charge on any atom is 0.0965 e. The maximum atomic E-state index is 4.96. The summed E-state index contributed by atoms with van der Waals surface area (Å²) < 4.78 is 7.94. The minimum Gasteiger partial charge on any atom is -0.383 e. The summed E-state index contributed by atoms with van der Waals surface area (Å²) >= 11 is 5.22. The van der Waals surface area contributed by atoms with Crippen LogP contribution in [0.1, 0.15) is 10.6 Å². The second-order valence-electron chi connectivity index (χ2n) is 3.77. The zero-order chi connectivity index (χ0) is 12.8. The number of hydrogen-bond donors (Lipinski definition) is 1. The van der Waals surface area contributed by atoms with E-state index in [1.807, 2.05) is 16.9 Å². The lowest BCUT2D eigenvalue weighted by atomic mass is 10.4. The van der Waals surface area contributed by atoms with Crippen molar-refractivity contribution in [2.75, 3.05) is 20.3 Å². The second-order valence-corrected chi connectivity index (χ2v) is 5.62.